The molecule has 0 spiro atoms. The SMILES string of the molecule is Nc1snnc1CN1CCCSCC1. The second kappa shape index (κ2) is 4.95. The highest BCUT2D eigenvalue weighted by atomic mass is 32.2. The van der Waals surface area contributed by atoms with Crippen molar-refractivity contribution in [2.24, 2.45) is 0 Å². The predicted octanol–water partition coefficient (Wildman–Crippen LogP) is 1.06. The van der Waals surface area contributed by atoms with Gasteiger partial charge in [0.2, 0.25) is 0 Å². The third kappa shape index (κ3) is 2.59. The molecule has 2 rings (SSSR count). The molecule has 4 nitrogen and oxygen atoms in total. The summed E-state index contributed by atoms with van der Waals surface area (Å²) in [6.45, 7) is 3.16. The number of nitrogens with zero attached hydrogens (tertiary/aromatic N) is 3. The molecule has 1 saturated heterocycles. The zero-order chi connectivity index (χ0) is 9.80. The van der Waals surface area contributed by atoms with Crippen molar-refractivity contribution in [1.29, 1.82) is 0 Å². The molecule has 0 saturated carbocycles. The van der Waals surface area contributed by atoms with Crippen LogP contribution in [-0.2, 0) is 6.54 Å². The zero-order valence-corrected chi connectivity index (χ0v) is 9.61. The molecule has 1 aromatic rings. The van der Waals surface area contributed by atoms with Gasteiger partial charge < -0.3 is 5.73 Å². The van der Waals surface area contributed by atoms with Gasteiger partial charge in [-0.3, -0.25) is 4.90 Å². The highest BCUT2D eigenvalue weighted by molar-refractivity contribution is 7.99. The van der Waals surface area contributed by atoms with E-state index in [0.717, 1.165) is 30.3 Å². The van der Waals surface area contributed by atoms with E-state index in [-0.39, 0.29) is 0 Å². The second-order valence-corrected chi connectivity index (χ2v) is 5.34. The normalized spacial score (nSPS) is 19.4. The fourth-order valence-electron chi connectivity index (χ4n) is 1.49. The van der Waals surface area contributed by atoms with Gasteiger partial charge in [0.25, 0.3) is 0 Å². The van der Waals surface area contributed by atoms with Crippen LogP contribution in [0.15, 0.2) is 0 Å². The minimum Gasteiger partial charge on any atom is -0.388 e. The maximum absolute atomic E-state index is 5.76. The number of hydrogen-bond acceptors (Lipinski definition) is 6. The standard InChI is InChI=1S/C8H14N4S2/c9-8-7(10-11-14-8)6-12-2-1-4-13-5-3-12/h1-6,9H2. The number of rotatable bonds is 2. The lowest BCUT2D eigenvalue weighted by Crippen LogP contribution is -2.25. The van der Waals surface area contributed by atoms with E-state index in [1.54, 1.807) is 0 Å². The molecule has 0 radical (unpaired) electrons. The van der Waals surface area contributed by atoms with Crippen LogP contribution in [0, 0.1) is 0 Å². The Hall–Kier alpha value is -0.330. The van der Waals surface area contributed by atoms with Crippen molar-refractivity contribution >= 4 is 28.3 Å². The quantitative estimate of drug-likeness (QED) is 0.823. The summed E-state index contributed by atoms with van der Waals surface area (Å²) in [6, 6.07) is 0. The van der Waals surface area contributed by atoms with Gasteiger partial charge in [-0.25, -0.2) is 0 Å². The fourth-order valence-corrected chi connectivity index (χ4v) is 2.86. The Morgan fingerprint density at radius 1 is 1.36 bits per heavy atom. The molecule has 0 aliphatic carbocycles. The Morgan fingerprint density at radius 3 is 3.07 bits per heavy atom. The van der Waals surface area contributed by atoms with Crippen molar-refractivity contribution in [3.8, 4) is 0 Å². The van der Waals surface area contributed by atoms with Gasteiger partial charge in [-0.2, -0.15) is 11.8 Å². The van der Waals surface area contributed by atoms with Crippen molar-refractivity contribution in [2.45, 2.75) is 13.0 Å². The van der Waals surface area contributed by atoms with Crippen molar-refractivity contribution in [1.82, 2.24) is 14.5 Å². The largest absolute Gasteiger partial charge is 0.388 e. The lowest BCUT2D eigenvalue weighted by atomic mass is 10.3. The van der Waals surface area contributed by atoms with Gasteiger partial charge in [0.15, 0.2) is 0 Å². The number of nitrogens with two attached hydrogens (primary N) is 1. The number of thioether (sulfide) groups is 1. The molecule has 1 fully saturated rings. The molecule has 0 amide bonds. The van der Waals surface area contributed by atoms with Crippen LogP contribution in [0.4, 0.5) is 5.00 Å². The highest BCUT2D eigenvalue weighted by Gasteiger charge is 2.13. The minimum atomic E-state index is 0.766. The number of hydrogen-bond donors (Lipinski definition) is 1. The van der Waals surface area contributed by atoms with Gasteiger partial charge in [0, 0.05) is 30.4 Å². The van der Waals surface area contributed by atoms with Gasteiger partial charge in [-0.1, -0.05) is 4.49 Å². The van der Waals surface area contributed by atoms with Gasteiger partial charge >= 0.3 is 0 Å². The Morgan fingerprint density at radius 2 is 2.29 bits per heavy atom. The van der Waals surface area contributed by atoms with Crippen molar-refractivity contribution in [3.05, 3.63) is 5.69 Å². The molecular formula is C8H14N4S2. The van der Waals surface area contributed by atoms with Crippen LogP contribution in [0.2, 0.25) is 0 Å². The molecule has 1 aliphatic rings. The Kier molecular flexibility index (Phi) is 3.61. The average Bonchev–Trinajstić information content (AvgIpc) is 2.44. The summed E-state index contributed by atoms with van der Waals surface area (Å²) in [5.41, 5.74) is 6.70. The molecule has 0 unspecified atom stereocenters. The molecule has 6 heteroatoms. The van der Waals surface area contributed by atoms with Crippen LogP contribution < -0.4 is 5.73 Å². The fraction of sp³-hybridized carbons (Fsp3) is 0.750. The van der Waals surface area contributed by atoms with Crippen molar-refractivity contribution < 1.29 is 0 Å². The predicted molar refractivity (Wildman–Crippen MR) is 61.5 cm³/mol. The lowest BCUT2D eigenvalue weighted by molar-refractivity contribution is 0.284. The minimum absolute atomic E-state index is 0.766. The van der Waals surface area contributed by atoms with E-state index in [2.05, 4.69) is 14.5 Å². The average molecular weight is 230 g/mol. The molecule has 2 N–H and O–H groups in total. The van der Waals surface area contributed by atoms with Crippen LogP contribution in [-0.4, -0.2) is 39.1 Å². The Labute approximate surface area is 92.0 Å². The maximum Gasteiger partial charge on any atom is 0.132 e. The van der Waals surface area contributed by atoms with E-state index >= 15 is 0 Å². The summed E-state index contributed by atoms with van der Waals surface area (Å²) in [4.78, 5) is 2.41. The van der Waals surface area contributed by atoms with Crippen LogP contribution in [0.1, 0.15) is 12.1 Å². The first-order valence-corrected chi connectivity index (χ1v) is 6.66. The lowest BCUT2D eigenvalue weighted by Gasteiger charge is -2.17. The summed E-state index contributed by atoms with van der Waals surface area (Å²) in [5, 5.41) is 4.80. The third-order valence-corrected chi connectivity index (χ3v) is 3.92. The molecular weight excluding hydrogens is 216 g/mol. The van der Waals surface area contributed by atoms with E-state index < -0.39 is 0 Å². The summed E-state index contributed by atoms with van der Waals surface area (Å²) < 4.78 is 3.85. The molecule has 0 atom stereocenters. The van der Waals surface area contributed by atoms with E-state index in [9.17, 15) is 0 Å². The van der Waals surface area contributed by atoms with Crippen LogP contribution in [0.5, 0.6) is 0 Å². The Balaban J connectivity index is 1.92. The van der Waals surface area contributed by atoms with Crippen molar-refractivity contribution in [2.75, 3.05) is 30.3 Å². The molecule has 78 valence electrons. The molecule has 1 aliphatic heterocycles. The van der Waals surface area contributed by atoms with E-state index in [1.165, 1.54) is 29.5 Å². The molecule has 0 bridgehead atoms. The molecule has 0 aromatic carbocycles. The Bertz CT molecular complexity index is 281. The summed E-state index contributed by atoms with van der Waals surface area (Å²) in [6.07, 6.45) is 1.27. The smallest absolute Gasteiger partial charge is 0.132 e. The summed E-state index contributed by atoms with van der Waals surface area (Å²) in [5.74, 6) is 2.50. The first kappa shape index (κ1) is 10.2. The molecule has 1 aromatic heterocycles. The van der Waals surface area contributed by atoms with E-state index in [1.807, 2.05) is 11.8 Å². The van der Waals surface area contributed by atoms with Gasteiger partial charge in [0.1, 0.15) is 10.7 Å². The zero-order valence-electron chi connectivity index (χ0n) is 7.98. The van der Waals surface area contributed by atoms with Crippen LogP contribution >= 0.6 is 23.3 Å². The maximum atomic E-state index is 5.76. The number of anilines is 1. The monoisotopic (exact) mass is 230 g/mol. The van der Waals surface area contributed by atoms with Crippen LogP contribution in [0.3, 0.4) is 0 Å². The van der Waals surface area contributed by atoms with Crippen molar-refractivity contribution in [3.63, 3.8) is 0 Å². The van der Waals surface area contributed by atoms with Gasteiger partial charge in [-0.15, -0.1) is 5.10 Å². The first-order valence-electron chi connectivity index (χ1n) is 4.73. The number of aromatic nitrogens is 2. The summed E-state index contributed by atoms with van der Waals surface area (Å²) >= 11 is 3.31. The van der Waals surface area contributed by atoms with E-state index in [4.69, 9.17) is 5.73 Å². The topological polar surface area (TPSA) is 55.0 Å². The highest BCUT2D eigenvalue weighted by Crippen LogP contribution is 2.17. The molecule has 14 heavy (non-hydrogen) atoms. The third-order valence-electron chi connectivity index (χ3n) is 2.27. The summed E-state index contributed by atoms with van der Waals surface area (Å²) in [7, 11) is 0. The number of nitrogen functional groups attached to an aromatic ring is 1. The van der Waals surface area contributed by atoms with Gasteiger partial charge in [-0.05, 0) is 18.7 Å². The first-order chi connectivity index (χ1) is 6.86. The van der Waals surface area contributed by atoms with E-state index in [0.29, 0.717) is 0 Å². The van der Waals surface area contributed by atoms with Gasteiger partial charge in [0.05, 0.1) is 0 Å². The molecule has 2 heterocycles. The second-order valence-electron chi connectivity index (χ2n) is 3.33. The van der Waals surface area contributed by atoms with Crippen LogP contribution in [0.25, 0.3) is 0 Å².